The highest BCUT2D eigenvalue weighted by Crippen LogP contribution is 2.00. The van der Waals surface area contributed by atoms with Gasteiger partial charge >= 0.3 is 0 Å². The van der Waals surface area contributed by atoms with E-state index in [2.05, 4.69) is 29.7 Å². The molecule has 0 aliphatic rings. The van der Waals surface area contributed by atoms with Crippen LogP contribution in [0.1, 0.15) is 12.0 Å². The molecule has 0 saturated heterocycles. The Bertz CT molecular complexity index is 189. The molecule has 0 heterocycles. The van der Waals surface area contributed by atoms with E-state index in [1.54, 1.807) is 0 Å². The molecule has 0 amide bonds. The van der Waals surface area contributed by atoms with Gasteiger partial charge in [-0.25, -0.2) is 0 Å². The molecule has 0 saturated carbocycles. The zero-order valence-electron chi connectivity index (χ0n) is 6.99. The summed E-state index contributed by atoms with van der Waals surface area (Å²) in [7, 11) is 0. The minimum absolute atomic E-state index is 0. The normalized spacial score (nSPS) is 9.08. The van der Waals surface area contributed by atoms with Gasteiger partial charge in [0, 0.05) is 6.54 Å². The van der Waals surface area contributed by atoms with Gasteiger partial charge in [-0.05, 0) is 18.4 Å². The van der Waals surface area contributed by atoms with Crippen LogP contribution in [-0.2, 0) is 6.42 Å². The molecule has 0 fully saturated rings. The Morgan fingerprint density at radius 1 is 1.17 bits per heavy atom. The summed E-state index contributed by atoms with van der Waals surface area (Å²) in [5, 5.41) is 0. The van der Waals surface area contributed by atoms with Gasteiger partial charge in [0.1, 0.15) is 0 Å². The SMILES string of the molecule is Cl.NNCCCc1ccccc1. The van der Waals surface area contributed by atoms with Crippen LogP contribution in [0.2, 0.25) is 0 Å². The Kier molecular flexibility index (Phi) is 6.76. The van der Waals surface area contributed by atoms with Crippen molar-refractivity contribution in [3.8, 4) is 0 Å². The van der Waals surface area contributed by atoms with E-state index in [-0.39, 0.29) is 12.4 Å². The quantitative estimate of drug-likeness (QED) is 0.425. The first-order valence-electron chi connectivity index (χ1n) is 3.91. The van der Waals surface area contributed by atoms with Gasteiger partial charge in [0.25, 0.3) is 0 Å². The van der Waals surface area contributed by atoms with Crippen molar-refractivity contribution in [1.82, 2.24) is 5.43 Å². The van der Waals surface area contributed by atoms with E-state index in [9.17, 15) is 0 Å². The molecule has 0 atom stereocenters. The maximum atomic E-state index is 5.14. The van der Waals surface area contributed by atoms with Gasteiger partial charge < -0.3 is 0 Å². The van der Waals surface area contributed by atoms with Crippen LogP contribution in [0.25, 0.3) is 0 Å². The minimum Gasteiger partial charge on any atom is -0.271 e. The van der Waals surface area contributed by atoms with Crippen LogP contribution in [0, 0.1) is 0 Å². The molecule has 3 N–H and O–H groups in total. The summed E-state index contributed by atoms with van der Waals surface area (Å²) in [6.45, 7) is 0.884. The Morgan fingerprint density at radius 3 is 2.42 bits per heavy atom. The number of hydrazine groups is 1. The average molecular weight is 187 g/mol. The smallest absolute Gasteiger partial charge is 0.0101 e. The van der Waals surface area contributed by atoms with E-state index in [1.165, 1.54) is 5.56 Å². The number of nitrogens with two attached hydrogens (primary N) is 1. The fourth-order valence-corrected chi connectivity index (χ4v) is 1.04. The van der Waals surface area contributed by atoms with Gasteiger partial charge in [-0.15, -0.1) is 12.4 Å². The van der Waals surface area contributed by atoms with E-state index < -0.39 is 0 Å². The standard InChI is InChI=1S/C9H14N2.ClH/c10-11-8-4-7-9-5-2-1-3-6-9;/h1-3,5-6,11H,4,7-8,10H2;1H. The van der Waals surface area contributed by atoms with Gasteiger partial charge in [-0.1, -0.05) is 30.3 Å². The summed E-state index contributed by atoms with van der Waals surface area (Å²) >= 11 is 0. The van der Waals surface area contributed by atoms with Crippen molar-refractivity contribution in [3.63, 3.8) is 0 Å². The molecule has 2 nitrogen and oxygen atoms in total. The molecule has 3 heteroatoms. The van der Waals surface area contributed by atoms with Crippen molar-refractivity contribution >= 4 is 12.4 Å². The summed E-state index contributed by atoms with van der Waals surface area (Å²) < 4.78 is 0. The molecule has 0 unspecified atom stereocenters. The van der Waals surface area contributed by atoms with Crippen molar-refractivity contribution in [1.29, 1.82) is 0 Å². The maximum absolute atomic E-state index is 5.14. The predicted molar refractivity (Wildman–Crippen MR) is 54.2 cm³/mol. The minimum atomic E-state index is 0. The van der Waals surface area contributed by atoms with Crippen molar-refractivity contribution < 1.29 is 0 Å². The van der Waals surface area contributed by atoms with E-state index in [0.29, 0.717) is 0 Å². The first kappa shape index (κ1) is 11.4. The molecular weight excluding hydrogens is 172 g/mol. The van der Waals surface area contributed by atoms with E-state index >= 15 is 0 Å². The molecule has 0 bridgehead atoms. The molecular formula is C9H15ClN2. The lowest BCUT2D eigenvalue weighted by molar-refractivity contribution is 0.680. The first-order valence-corrected chi connectivity index (χ1v) is 3.91. The second-order valence-corrected chi connectivity index (χ2v) is 2.54. The van der Waals surface area contributed by atoms with Crippen molar-refractivity contribution in [2.24, 2.45) is 5.84 Å². The Balaban J connectivity index is 0.00000121. The fraction of sp³-hybridized carbons (Fsp3) is 0.333. The van der Waals surface area contributed by atoms with Gasteiger partial charge in [-0.3, -0.25) is 11.3 Å². The second-order valence-electron chi connectivity index (χ2n) is 2.54. The molecule has 1 aromatic carbocycles. The largest absolute Gasteiger partial charge is 0.271 e. The number of hydrogen-bond donors (Lipinski definition) is 2. The highest BCUT2D eigenvalue weighted by Gasteiger charge is 1.89. The maximum Gasteiger partial charge on any atom is 0.0101 e. The Labute approximate surface area is 79.5 Å². The average Bonchev–Trinajstić information content (AvgIpc) is 2.07. The van der Waals surface area contributed by atoms with Crippen molar-refractivity contribution in [2.75, 3.05) is 6.54 Å². The van der Waals surface area contributed by atoms with Gasteiger partial charge in [0.05, 0.1) is 0 Å². The summed E-state index contributed by atoms with van der Waals surface area (Å²) in [4.78, 5) is 0. The van der Waals surface area contributed by atoms with Gasteiger partial charge in [-0.2, -0.15) is 0 Å². The molecule has 0 spiro atoms. The molecule has 0 radical (unpaired) electrons. The number of benzene rings is 1. The van der Waals surface area contributed by atoms with E-state index in [4.69, 9.17) is 5.84 Å². The topological polar surface area (TPSA) is 38.0 Å². The molecule has 68 valence electrons. The third-order valence-electron chi connectivity index (χ3n) is 1.63. The lowest BCUT2D eigenvalue weighted by atomic mass is 10.1. The number of halogens is 1. The second kappa shape index (κ2) is 7.10. The van der Waals surface area contributed by atoms with Crippen LogP contribution in [0.3, 0.4) is 0 Å². The lowest BCUT2D eigenvalue weighted by Crippen LogP contribution is -2.23. The third kappa shape index (κ3) is 4.34. The molecule has 0 aliphatic carbocycles. The molecule has 1 aromatic rings. The Hall–Kier alpha value is -0.570. The summed E-state index contributed by atoms with van der Waals surface area (Å²) in [5.41, 5.74) is 4.02. The lowest BCUT2D eigenvalue weighted by Gasteiger charge is -1.99. The van der Waals surface area contributed by atoms with Crippen LogP contribution in [-0.4, -0.2) is 6.54 Å². The number of rotatable bonds is 4. The fourth-order valence-electron chi connectivity index (χ4n) is 1.04. The van der Waals surface area contributed by atoms with Crippen molar-refractivity contribution in [2.45, 2.75) is 12.8 Å². The first-order chi connectivity index (χ1) is 5.43. The third-order valence-corrected chi connectivity index (χ3v) is 1.63. The Morgan fingerprint density at radius 2 is 1.83 bits per heavy atom. The predicted octanol–water partition coefficient (Wildman–Crippen LogP) is 1.50. The van der Waals surface area contributed by atoms with Crippen molar-refractivity contribution in [3.05, 3.63) is 35.9 Å². The zero-order chi connectivity index (χ0) is 7.94. The highest BCUT2D eigenvalue weighted by atomic mass is 35.5. The number of aryl methyl sites for hydroxylation is 1. The molecule has 0 aromatic heterocycles. The van der Waals surface area contributed by atoms with Gasteiger partial charge in [0.15, 0.2) is 0 Å². The molecule has 0 aliphatic heterocycles. The van der Waals surface area contributed by atoms with E-state index in [1.807, 2.05) is 6.07 Å². The molecule has 1 rings (SSSR count). The summed E-state index contributed by atoms with van der Waals surface area (Å²) in [5.74, 6) is 5.14. The summed E-state index contributed by atoms with van der Waals surface area (Å²) in [6, 6.07) is 10.4. The van der Waals surface area contributed by atoms with Crippen LogP contribution in [0.4, 0.5) is 0 Å². The van der Waals surface area contributed by atoms with Crippen LogP contribution >= 0.6 is 12.4 Å². The number of hydrogen-bond acceptors (Lipinski definition) is 2. The monoisotopic (exact) mass is 186 g/mol. The molecule has 12 heavy (non-hydrogen) atoms. The van der Waals surface area contributed by atoms with Crippen LogP contribution < -0.4 is 11.3 Å². The zero-order valence-corrected chi connectivity index (χ0v) is 7.81. The summed E-state index contributed by atoms with van der Waals surface area (Å²) in [6.07, 6.45) is 2.20. The van der Waals surface area contributed by atoms with E-state index in [0.717, 1.165) is 19.4 Å². The highest BCUT2D eigenvalue weighted by molar-refractivity contribution is 5.85. The van der Waals surface area contributed by atoms with Crippen LogP contribution in [0.15, 0.2) is 30.3 Å². The van der Waals surface area contributed by atoms with Gasteiger partial charge in [0.2, 0.25) is 0 Å². The number of nitrogens with one attached hydrogen (secondary N) is 1. The van der Waals surface area contributed by atoms with Crippen LogP contribution in [0.5, 0.6) is 0 Å².